The zero-order chi connectivity index (χ0) is 40.1. The lowest BCUT2D eigenvalue weighted by molar-refractivity contribution is 0.660. The number of nitrogens with zero attached hydrogens (tertiary/aromatic N) is 2. The van der Waals surface area contributed by atoms with Gasteiger partial charge in [-0.05, 0) is 145 Å². The summed E-state index contributed by atoms with van der Waals surface area (Å²) in [5.41, 5.74) is 16.0. The second kappa shape index (κ2) is 13.0. The fourth-order valence-electron chi connectivity index (χ4n) is 10.3. The molecule has 0 N–H and O–H groups in total. The van der Waals surface area contributed by atoms with Crippen LogP contribution in [-0.4, -0.2) is 4.57 Å². The van der Waals surface area contributed by atoms with E-state index in [1.807, 2.05) is 0 Å². The van der Waals surface area contributed by atoms with E-state index in [1.165, 1.54) is 98.8 Å². The van der Waals surface area contributed by atoms with Gasteiger partial charge in [0.25, 0.3) is 0 Å². The van der Waals surface area contributed by atoms with Crippen LogP contribution in [0.1, 0.15) is 30.5 Å². The molecule has 1 aromatic heterocycles. The van der Waals surface area contributed by atoms with Crippen molar-refractivity contribution in [3.05, 3.63) is 217 Å². The first kappa shape index (κ1) is 34.6. The Morgan fingerprint density at radius 2 is 0.933 bits per heavy atom. The first-order chi connectivity index (χ1) is 29.4. The maximum absolute atomic E-state index is 2.45. The van der Waals surface area contributed by atoms with Gasteiger partial charge in [-0.2, -0.15) is 0 Å². The van der Waals surface area contributed by atoms with Gasteiger partial charge in [0, 0.05) is 38.9 Å². The summed E-state index contributed by atoms with van der Waals surface area (Å²) in [5.74, 6) is 0. The molecule has 10 aromatic carbocycles. The smallest absolute Gasteiger partial charge is 0.0541 e. The Hall–Kier alpha value is -7.42. The maximum atomic E-state index is 2.45. The lowest BCUT2D eigenvalue weighted by Crippen LogP contribution is -2.16. The summed E-state index contributed by atoms with van der Waals surface area (Å²) in [6.45, 7) is 6.89. The average molecular weight is 767 g/mol. The van der Waals surface area contributed by atoms with E-state index < -0.39 is 0 Å². The Morgan fingerprint density at radius 1 is 0.367 bits per heavy atom. The van der Waals surface area contributed by atoms with Crippen molar-refractivity contribution >= 4 is 71.2 Å². The summed E-state index contributed by atoms with van der Waals surface area (Å²) in [4.78, 5) is 2.45. The zero-order valence-corrected chi connectivity index (χ0v) is 33.9. The van der Waals surface area contributed by atoms with E-state index in [1.54, 1.807) is 0 Å². The molecule has 0 saturated carbocycles. The second-order valence-electron chi connectivity index (χ2n) is 17.0. The number of hydrogen-bond acceptors (Lipinski definition) is 1. The van der Waals surface area contributed by atoms with Crippen LogP contribution in [0.2, 0.25) is 0 Å². The van der Waals surface area contributed by atoms with Gasteiger partial charge in [-0.25, -0.2) is 0 Å². The monoisotopic (exact) mass is 766 g/mol. The van der Waals surface area contributed by atoms with Crippen LogP contribution in [0.4, 0.5) is 17.1 Å². The molecule has 0 atom stereocenters. The van der Waals surface area contributed by atoms with E-state index in [0.717, 1.165) is 17.1 Å². The molecule has 1 heterocycles. The van der Waals surface area contributed by atoms with Gasteiger partial charge in [0.1, 0.15) is 0 Å². The van der Waals surface area contributed by atoms with Crippen LogP contribution in [-0.2, 0) is 5.41 Å². The summed E-state index contributed by atoms with van der Waals surface area (Å²) in [6, 6.07) is 74.4. The van der Waals surface area contributed by atoms with Crippen LogP contribution in [0.25, 0.3) is 82.1 Å². The summed E-state index contributed by atoms with van der Waals surface area (Å²) in [6.07, 6.45) is 0. The molecule has 284 valence electrons. The van der Waals surface area contributed by atoms with Crippen molar-refractivity contribution < 1.29 is 0 Å². The van der Waals surface area contributed by atoms with Gasteiger partial charge in [-0.1, -0.05) is 147 Å². The topological polar surface area (TPSA) is 8.17 Å². The molecular formula is C58H42N2. The van der Waals surface area contributed by atoms with Crippen LogP contribution in [0, 0.1) is 6.92 Å². The van der Waals surface area contributed by atoms with Crippen molar-refractivity contribution in [3.63, 3.8) is 0 Å². The summed E-state index contributed by atoms with van der Waals surface area (Å²) < 4.78 is 2.40. The minimum Gasteiger partial charge on any atom is -0.310 e. The van der Waals surface area contributed by atoms with Crippen molar-refractivity contribution in [1.29, 1.82) is 0 Å². The van der Waals surface area contributed by atoms with Crippen molar-refractivity contribution in [3.8, 4) is 27.9 Å². The first-order valence-electron chi connectivity index (χ1n) is 21.0. The van der Waals surface area contributed by atoms with Crippen LogP contribution >= 0.6 is 0 Å². The highest BCUT2D eigenvalue weighted by molar-refractivity contribution is 6.25. The van der Waals surface area contributed by atoms with Crippen LogP contribution in [0.5, 0.6) is 0 Å². The standard InChI is InChI=1S/C58H42N2/c1-37-13-12-14-41(33-37)60-56-22-11-9-20-51(56)53-34-39(25-32-57(53)60)38-23-26-40(27-24-38)59(43-29-31-50-49-19-8-10-21-54(49)58(2,3)55(50)36-43)42-28-30-48-46-17-5-4-15-44(46)45-16-6-7-18-47(45)52(48)35-42/h4-36H,1-3H3. The van der Waals surface area contributed by atoms with Gasteiger partial charge >= 0.3 is 0 Å². The fraction of sp³-hybridized carbons (Fsp3) is 0.0690. The van der Waals surface area contributed by atoms with Crippen molar-refractivity contribution in [2.45, 2.75) is 26.2 Å². The average Bonchev–Trinajstić information content (AvgIpc) is 3.74. The Morgan fingerprint density at radius 3 is 1.68 bits per heavy atom. The number of anilines is 3. The number of hydrogen-bond donors (Lipinski definition) is 0. The van der Waals surface area contributed by atoms with Crippen LogP contribution in [0.15, 0.2) is 200 Å². The van der Waals surface area contributed by atoms with E-state index in [4.69, 9.17) is 0 Å². The molecule has 0 radical (unpaired) electrons. The molecule has 2 nitrogen and oxygen atoms in total. The third-order valence-electron chi connectivity index (χ3n) is 13.2. The Balaban J connectivity index is 1.02. The summed E-state index contributed by atoms with van der Waals surface area (Å²) >= 11 is 0. The third kappa shape index (κ3) is 5.14. The van der Waals surface area contributed by atoms with Crippen LogP contribution in [0.3, 0.4) is 0 Å². The molecule has 0 aliphatic heterocycles. The van der Waals surface area contributed by atoms with Crippen molar-refractivity contribution in [2.24, 2.45) is 0 Å². The molecule has 1 aliphatic rings. The quantitative estimate of drug-likeness (QED) is 0.158. The molecule has 60 heavy (non-hydrogen) atoms. The predicted octanol–water partition coefficient (Wildman–Crippen LogP) is 16.0. The molecule has 12 rings (SSSR count). The zero-order valence-electron chi connectivity index (χ0n) is 33.9. The van der Waals surface area contributed by atoms with Gasteiger partial charge < -0.3 is 9.47 Å². The minimum absolute atomic E-state index is 0.114. The maximum Gasteiger partial charge on any atom is 0.0541 e. The molecule has 2 heteroatoms. The number of fused-ring (bicyclic) bond motifs is 12. The Bertz CT molecular complexity index is 3490. The summed E-state index contributed by atoms with van der Waals surface area (Å²) in [5, 5.41) is 10.2. The van der Waals surface area contributed by atoms with E-state index in [0.29, 0.717) is 0 Å². The van der Waals surface area contributed by atoms with Crippen molar-refractivity contribution in [2.75, 3.05) is 4.90 Å². The molecule has 0 spiro atoms. The van der Waals surface area contributed by atoms with E-state index >= 15 is 0 Å². The van der Waals surface area contributed by atoms with E-state index in [2.05, 4.69) is 230 Å². The van der Waals surface area contributed by atoms with E-state index in [9.17, 15) is 0 Å². The number of aryl methyl sites for hydroxylation is 1. The SMILES string of the molecule is Cc1cccc(-n2c3ccccc3c3cc(-c4ccc(N(c5ccc6c(c5)C(C)(C)c5ccccc5-6)c5ccc6c7ccccc7c7ccccc7c6c5)cc4)ccc32)c1. The van der Waals surface area contributed by atoms with E-state index in [-0.39, 0.29) is 5.41 Å². The minimum atomic E-state index is -0.114. The van der Waals surface area contributed by atoms with Gasteiger partial charge in [0.2, 0.25) is 0 Å². The molecule has 0 bridgehead atoms. The largest absolute Gasteiger partial charge is 0.310 e. The first-order valence-corrected chi connectivity index (χ1v) is 21.0. The van der Waals surface area contributed by atoms with Gasteiger partial charge in [0.15, 0.2) is 0 Å². The molecule has 0 fully saturated rings. The number of para-hydroxylation sites is 1. The normalized spacial score (nSPS) is 13.1. The predicted molar refractivity (Wildman–Crippen MR) is 256 cm³/mol. The highest BCUT2D eigenvalue weighted by Crippen LogP contribution is 2.51. The highest BCUT2D eigenvalue weighted by atomic mass is 15.1. The van der Waals surface area contributed by atoms with Gasteiger partial charge in [-0.3, -0.25) is 0 Å². The Labute approximate surface area is 350 Å². The third-order valence-corrected chi connectivity index (χ3v) is 13.2. The fourth-order valence-corrected chi connectivity index (χ4v) is 10.3. The highest BCUT2D eigenvalue weighted by Gasteiger charge is 2.35. The van der Waals surface area contributed by atoms with Crippen molar-refractivity contribution in [1.82, 2.24) is 4.57 Å². The van der Waals surface area contributed by atoms with Crippen LogP contribution < -0.4 is 4.90 Å². The molecule has 0 amide bonds. The van der Waals surface area contributed by atoms with Gasteiger partial charge in [-0.15, -0.1) is 0 Å². The Kier molecular flexibility index (Phi) is 7.52. The molecule has 0 saturated heterocycles. The number of rotatable bonds is 5. The van der Waals surface area contributed by atoms with Gasteiger partial charge in [0.05, 0.1) is 11.0 Å². The molecule has 0 unspecified atom stereocenters. The molecule has 1 aliphatic carbocycles. The molecule has 11 aromatic rings. The lowest BCUT2D eigenvalue weighted by atomic mass is 9.82. The lowest BCUT2D eigenvalue weighted by Gasteiger charge is -2.28. The molecular weight excluding hydrogens is 725 g/mol. The second-order valence-corrected chi connectivity index (χ2v) is 17.0. The number of benzene rings is 10. The number of aromatic nitrogens is 1. The summed E-state index contributed by atoms with van der Waals surface area (Å²) in [7, 11) is 0.